The molecule has 1 aliphatic heterocycles. The normalized spacial score (nSPS) is 25.5. The second kappa shape index (κ2) is 7.00. The number of piperidine rings is 1. The minimum Gasteiger partial charge on any atom is -0.481 e. The summed E-state index contributed by atoms with van der Waals surface area (Å²) in [6.07, 6.45) is 4.83. The third-order valence-corrected chi connectivity index (χ3v) is 4.36. The van der Waals surface area contributed by atoms with Gasteiger partial charge in [0.15, 0.2) is 0 Å². The largest absolute Gasteiger partial charge is 0.481 e. The van der Waals surface area contributed by atoms with Crippen molar-refractivity contribution in [3.63, 3.8) is 0 Å². The highest BCUT2D eigenvalue weighted by atomic mass is 16.4. The fourth-order valence-electron chi connectivity index (χ4n) is 2.73. The number of carboxylic acid groups (broad SMARTS) is 1. The van der Waals surface area contributed by atoms with Crippen LogP contribution in [0.5, 0.6) is 0 Å². The molecule has 1 heterocycles. The zero-order valence-electron chi connectivity index (χ0n) is 11.5. The lowest BCUT2D eigenvalue weighted by Gasteiger charge is -2.39. The summed E-state index contributed by atoms with van der Waals surface area (Å²) in [5.74, 6) is 0.664. The molecule has 0 saturated carbocycles. The Balaban J connectivity index is 2.40. The summed E-state index contributed by atoms with van der Waals surface area (Å²) in [7, 11) is 0. The number of likely N-dealkylation sites (tertiary alicyclic amines) is 1. The summed E-state index contributed by atoms with van der Waals surface area (Å²) in [4.78, 5) is 13.2. The molecule has 0 aliphatic carbocycles. The molecule has 1 aliphatic rings. The number of hydrogen-bond donors (Lipinski definition) is 1. The van der Waals surface area contributed by atoms with E-state index in [4.69, 9.17) is 5.11 Å². The van der Waals surface area contributed by atoms with Crippen molar-refractivity contribution in [3.05, 3.63) is 0 Å². The lowest BCUT2D eigenvalue weighted by molar-refractivity contribution is -0.137. The first kappa shape index (κ1) is 14.5. The Bertz CT molecular complexity index is 242. The molecule has 17 heavy (non-hydrogen) atoms. The Morgan fingerprint density at radius 1 is 1.47 bits per heavy atom. The van der Waals surface area contributed by atoms with Crippen molar-refractivity contribution < 1.29 is 9.90 Å². The first-order valence-electron chi connectivity index (χ1n) is 7.00. The molecule has 0 spiro atoms. The average Bonchev–Trinajstić information content (AvgIpc) is 2.34. The summed E-state index contributed by atoms with van der Waals surface area (Å²) in [6.45, 7) is 9.15. The van der Waals surface area contributed by atoms with Crippen molar-refractivity contribution in [3.8, 4) is 0 Å². The van der Waals surface area contributed by atoms with Crippen molar-refractivity contribution in [2.45, 2.75) is 58.9 Å². The van der Waals surface area contributed by atoms with Gasteiger partial charge in [-0.1, -0.05) is 20.3 Å². The summed E-state index contributed by atoms with van der Waals surface area (Å²) >= 11 is 0. The summed E-state index contributed by atoms with van der Waals surface area (Å²) in [5, 5.41) is 8.73. The van der Waals surface area contributed by atoms with E-state index in [9.17, 15) is 4.79 Å². The summed E-state index contributed by atoms with van der Waals surface area (Å²) < 4.78 is 0. The smallest absolute Gasteiger partial charge is 0.303 e. The van der Waals surface area contributed by atoms with Crippen LogP contribution in [0.2, 0.25) is 0 Å². The van der Waals surface area contributed by atoms with Crippen LogP contribution in [0.4, 0.5) is 0 Å². The van der Waals surface area contributed by atoms with Crippen LogP contribution in [0.3, 0.4) is 0 Å². The van der Waals surface area contributed by atoms with Crippen LogP contribution in [0, 0.1) is 11.8 Å². The monoisotopic (exact) mass is 241 g/mol. The number of aliphatic carboxylic acids is 1. The van der Waals surface area contributed by atoms with Gasteiger partial charge in [0.1, 0.15) is 0 Å². The first-order valence-corrected chi connectivity index (χ1v) is 7.00. The van der Waals surface area contributed by atoms with Crippen LogP contribution in [0.15, 0.2) is 0 Å². The standard InChI is InChI=1S/C14H27NO2/c1-4-11(2)12(3)15-9-5-6-13(10-15)7-8-14(16)17/h11-13H,4-10H2,1-3H3,(H,16,17). The Labute approximate surface area is 105 Å². The minimum atomic E-state index is -0.655. The molecule has 0 radical (unpaired) electrons. The number of carboxylic acids is 1. The van der Waals surface area contributed by atoms with Gasteiger partial charge < -0.3 is 10.0 Å². The predicted octanol–water partition coefficient (Wildman–Crippen LogP) is 3.00. The number of nitrogens with zero attached hydrogens (tertiary/aromatic N) is 1. The molecule has 1 fully saturated rings. The second-order valence-corrected chi connectivity index (χ2v) is 5.56. The molecule has 0 aromatic heterocycles. The SMILES string of the molecule is CCC(C)C(C)N1CCCC(CCC(=O)O)C1. The topological polar surface area (TPSA) is 40.5 Å². The van der Waals surface area contributed by atoms with Gasteiger partial charge in [0.2, 0.25) is 0 Å². The molecule has 3 atom stereocenters. The summed E-state index contributed by atoms with van der Waals surface area (Å²) in [5.41, 5.74) is 0. The maximum atomic E-state index is 10.6. The van der Waals surface area contributed by atoms with Gasteiger partial charge in [-0.25, -0.2) is 0 Å². The van der Waals surface area contributed by atoms with Gasteiger partial charge in [-0.3, -0.25) is 4.79 Å². The van der Waals surface area contributed by atoms with Crippen LogP contribution in [-0.2, 0) is 4.79 Å². The van der Waals surface area contributed by atoms with Gasteiger partial charge >= 0.3 is 5.97 Å². The van der Waals surface area contributed by atoms with Crippen molar-refractivity contribution in [1.82, 2.24) is 4.90 Å². The van der Waals surface area contributed by atoms with Crippen LogP contribution < -0.4 is 0 Å². The lowest BCUT2D eigenvalue weighted by Crippen LogP contribution is -2.44. The Hall–Kier alpha value is -0.570. The van der Waals surface area contributed by atoms with Crippen LogP contribution in [0.25, 0.3) is 0 Å². The van der Waals surface area contributed by atoms with E-state index in [0.717, 1.165) is 18.9 Å². The van der Waals surface area contributed by atoms with E-state index in [-0.39, 0.29) is 0 Å². The maximum Gasteiger partial charge on any atom is 0.303 e. The molecule has 1 N–H and O–H groups in total. The highest BCUT2D eigenvalue weighted by Gasteiger charge is 2.25. The molecular weight excluding hydrogens is 214 g/mol. The number of hydrogen-bond acceptors (Lipinski definition) is 2. The zero-order valence-corrected chi connectivity index (χ0v) is 11.5. The quantitative estimate of drug-likeness (QED) is 0.777. The van der Waals surface area contributed by atoms with E-state index in [0.29, 0.717) is 18.4 Å². The third-order valence-electron chi connectivity index (χ3n) is 4.36. The van der Waals surface area contributed by atoms with Crippen molar-refractivity contribution in [2.75, 3.05) is 13.1 Å². The van der Waals surface area contributed by atoms with E-state index in [1.54, 1.807) is 0 Å². The highest BCUT2D eigenvalue weighted by molar-refractivity contribution is 5.66. The molecule has 0 aromatic carbocycles. The highest BCUT2D eigenvalue weighted by Crippen LogP contribution is 2.25. The van der Waals surface area contributed by atoms with Gasteiger partial charge in [0.25, 0.3) is 0 Å². The van der Waals surface area contributed by atoms with Crippen LogP contribution in [-0.4, -0.2) is 35.1 Å². The number of rotatable bonds is 6. The van der Waals surface area contributed by atoms with Gasteiger partial charge in [-0.2, -0.15) is 0 Å². The maximum absolute atomic E-state index is 10.6. The minimum absolute atomic E-state index is 0.330. The Kier molecular flexibility index (Phi) is 5.96. The van der Waals surface area contributed by atoms with Crippen molar-refractivity contribution in [1.29, 1.82) is 0 Å². The van der Waals surface area contributed by atoms with Crippen LogP contribution >= 0.6 is 0 Å². The fraction of sp³-hybridized carbons (Fsp3) is 0.929. The number of carbonyl (C=O) groups is 1. The molecule has 0 amide bonds. The molecule has 100 valence electrons. The van der Waals surface area contributed by atoms with Gasteiger partial charge in [0, 0.05) is 19.0 Å². The van der Waals surface area contributed by atoms with E-state index in [1.807, 2.05) is 0 Å². The summed E-state index contributed by atoms with van der Waals surface area (Å²) in [6, 6.07) is 0.632. The average molecular weight is 241 g/mol. The molecule has 0 aromatic rings. The van der Waals surface area contributed by atoms with Crippen LogP contribution in [0.1, 0.15) is 52.9 Å². The van der Waals surface area contributed by atoms with E-state index in [2.05, 4.69) is 25.7 Å². The van der Waals surface area contributed by atoms with E-state index < -0.39 is 5.97 Å². The van der Waals surface area contributed by atoms with Crippen molar-refractivity contribution in [2.24, 2.45) is 11.8 Å². The fourth-order valence-corrected chi connectivity index (χ4v) is 2.73. The lowest BCUT2D eigenvalue weighted by atomic mass is 9.90. The molecule has 1 rings (SSSR count). The molecular formula is C14H27NO2. The first-order chi connectivity index (χ1) is 8.04. The van der Waals surface area contributed by atoms with E-state index >= 15 is 0 Å². The molecule has 3 heteroatoms. The molecule has 0 bridgehead atoms. The second-order valence-electron chi connectivity index (χ2n) is 5.56. The Morgan fingerprint density at radius 3 is 2.76 bits per heavy atom. The van der Waals surface area contributed by atoms with Gasteiger partial charge in [-0.15, -0.1) is 0 Å². The van der Waals surface area contributed by atoms with E-state index in [1.165, 1.54) is 25.8 Å². The third kappa shape index (κ3) is 4.66. The van der Waals surface area contributed by atoms with Gasteiger partial charge in [-0.05, 0) is 44.6 Å². The molecule has 3 nitrogen and oxygen atoms in total. The predicted molar refractivity (Wildman–Crippen MR) is 70.1 cm³/mol. The molecule has 3 unspecified atom stereocenters. The van der Waals surface area contributed by atoms with Crippen molar-refractivity contribution >= 4 is 5.97 Å². The Morgan fingerprint density at radius 2 is 2.18 bits per heavy atom. The van der Waals surface area contributed by atoms with Gasteiger partial charge in [0.05, 0.1) is 0 Å². The zero-order chi connectivity index (χ0) is 12.8. The molecule has 1 saturated heterocycles.